The molecule has 0 aliphatic carbocycles. The largest absolute Gasteiger partial charge is 0.320 e. The van der Waals surface area contributed by atoms with Crippen molar-refractivity contribution in [3.8, 4) is 16.9 Å². The van der Waals surface area contributed by atoms with Gasteiger partial charge in [-0.2, -0.15) is 0 Å². The fourth-order valence-electron chi connectivity index (χ4n) is 2.96. The second-order valence-corrected chi connectivity index (χ2v) is 6.16. The lowest BCUT2D eigenvalue weighted by Crippen LogP contribution is -2.25. The van der Waals surface area contributed by atoms with E-state index in [1.54, 1.807) is 4.68 Å². The molecule has 0 fully saturated rings. The van der Waals surface area contributed by atoms with Crippen LogP contribution in [0.3, 0.4) is 0 Å². The van der Waals surface area contributed by atoms with Gasteiger partial charge in [0.25, 0.3) is 5.56 Å². The summed E-state index contributed by atoms with van der Waals surface area (Å²) in [5.41, 5.74) is 2.50. The van der Waals surface area contributed by atoms with Crippen molar-refractivity contribution in [1.29, 1.82) is 0 Å². The van der Waals surface area contributed by atoms with Crippen molar-refractivity contribution in [2.75, 3.05) is 5.32 Å². The lowest BCUT2D eigenvalue weighted by Gasteiger charge is -2.17. The number of benzene rings is 2. The molecule has 3 rings (SSSR count). The van der Waals surface area contributed by atoms with Crippen LogP contribution in [0.5, 0.6) is 0 Å². The van der Waals surface area contributed by atoms with E-state index in [1.165, 1.54) is 6.92 Å². The molecule has 128 valence electrons. The summed E-state index contributed by atoms with van der Waals surface area (Å²) in [6, 6.07) is 19.2. The van der Waals surface area contributed by atoms with Crippen molar-refractivity contribution in [2.24, 2.45) is 0 Å². The number of hydrogen-bond acceptors (Lipinski definition) is 2. The monoisotopic (exact) mass is 335 g/mol. The molecule has 5 heteroatoms. The quantitative estimate of drug-likeness (QED) is 0.787. The molecular weight excluding hydrogens is 314 g/mol. The topological polar surface area (TPSA) is 56.0 Å². The van der Waals surface area contributed by atoms with Crippen LogP contribution in [0.15, 0.2) is 65.5 Å². The molecule has 1 heterocycles. The maximum atomic E-state index is 13.1. The predicted octanol–water partition coefficient (Wildman–Crippen LogP) is 3.85. The normalized spacial score (nSPS) is 10.9. The van der Waals surface area contributed by atoms with Crippen LogP contribution < -0.4 is 10.9 Å². The highest BCUT2D eigenvalue weighted by Gasteiger charge is 2.24. The van der Waals surface area contributed by atoms with E-state index >= 15 is 0 Å². The summed E-state index contributed by atoms with van der Waals surface area (Å²) in [7, 11) is 0. The fourth-order valence-corrected chi connectivity index (χ4v) is 2.96. The van der Waals surface area contributed by atoms with E-state index in [1.807, 2.05) is 79.2 Å². The molecule has 0 aliphatic heterocycles. The van der Waals surface area contributed by atoms with Crippen LogP contribution in [0.1, 0.15) is 26.8 Å². The number of amides is 1. The predicted molar refractivity (Wildman–Crippen MR) is 100 cm³/mol. The van der Waals surface area contributed by atoms with Gasteiger partial charge in [0.1, 0.15) is 5.69 Å². The Morgan fingerprint density at radius 1 is 0.960 bits per heavy atom. The minimum atomic E-state index is -0.268. The molecule has 1 amide bonds. The van der Waals surface area contributed by atoms with E-state index in [-0.39, 0.29) is 17.5 Å². The van der Waals surface area contributed by atoms with Crippen LogP contribution in [0.25, 0.3) is 16.9 Å². The van der Waals surface area contributed by atoms with Crippen LogP contribution in [0, 0.1) is 0 Å². The zero-order valence-corrected chi connectivity index (χ0v) is 14.6. The molecule has 0 aliphatic rings. The highest BCUT2D eigenvalue weighted by atomic mass is 16.2. The molecule has 2 aromatic carbocycles. The van der Waals surface area contributed by atoms with Crippen LogP contribution in [0.2, 0.25) is 0 Å². The summed E-state index contributed by atoms with van der Waals surface area (Å²) in [6.45, 7) is 5.31. The van der Waals surface area contributed by atoms with Gasteiger partial charge in [-0.3, -0.25) is 9.59 Å². The number of hydrogen-bond donors (Lipinski definition) is 1. The molecule has 25 heavy (non-hydrogen) atoms. The van der Waals surface area contributed by atoms with Gasteiger partial charge in [-0.15, -0.1) is 0 Å². The van der Waals surface area contributed by atoms with Crippen LogP contribution in [0.4, 0.5) is 5.69 Å². The lowest BCUT2D eigenvalue weighted by molar-refractivity contribution is -0.114. The maximum Gasteiger partial charge on any atom is 0.291 e. The highest BCUT2D eigenvalue weighted by molar-refractivity contribution is 5.93. The Bertz CT molecular complexity index is 938. The van der Waals surface area contributed by atoms with Crippen LogP contribution >= 0.6 is 0 Å². The number of carbonyl (C=O) groups excluding carboxylic acids is 1. The van der Waals surface area contributed by atoms with Gasteiger partial charge in [0, 0.05) is 18.5 Å². The maximum absolute atomic E-state index is 13.1. The molecule has 1 aromatic heterocycles. The Kier molecular flexibility index (Phi) is 4.57. The number of anilines is 1. The number of carbonyl (C=O) groups is 1. The molecule has 0 unspecified atom stereocenters. The first-order valence-corrected chi connectivity index (χ1v) is 8.26. The number of para-hydroxylation sites is 1. The third-order valence-corrected chi connectivity index (χ3v) is 3.92. The Hall–Kier alpha value is -3.08. The standard InChI is InChI=1S/C20H21N3O2/c1-14(2)22-20(25)18(21-15(3)24)19(16-10-6-4-7-11-16)23(22)17-12-8-5-9-13-17/h4-14H,1-3H3,(H,21,24). The van der Waals surface area contributed by atoms with Gasteiger partial charge in [-0.25, -0.2) is 9.36 Å². The molecule has 1 N–H and O–H groups in total. The first kappa shape index (κ1) is 16.8. The van der Waals surface area contributed by atoms with Gasteiger partial charge < -0.3 is 5.32 Å². The molecule has 0 saturated carbocycles. The van der Waals surface area contributed by atoms with Gasteiger partial charge in [-0.05, 0) is 26.0 Å². The minimum Gasteiger partial charge on any atom is -0.320 e. The molecule has 3 aromatic rings. The molecule has 0 spiro atoms. The Labute approximate surface area is 146 Å². The number of nitrogens with one attached hydrogen (secondary N) is 1. The van der Waals surface area contributed by atoms with E-state index < -0.39 is 0 Å². The average Bonchev–Trinajstić information content (AvgIpc) is 2.89. The zero-order chi connectivity index (χ0) is 18.0. The van der Waals surface area contributed by atoms with Crippen LogP contribution in [-0.2, 0) is 4.79 Å². The second-order valence-electron chi connectivity index (χ2n) is 6.16. The molecule has 0 saturated heterocycles. The summed E-state index contributed by atoms with van der Waals surface area (Å²) in [5, 5.41) is 2.73. The zero-order valence-electron chi connectivity index (χ0n) is 14.6. The minimum absolute atomic E-state index is 0.0716. The van der Waals surface area contributed by atoms with Crippen molar-refractivity contribution in [2.45, 2.75) is 26.8 Å². The highest BCUT2D eigenvalue weighted by Crippen LogP contribution is 2.30. The average molecular weight is 335 g/mol. The summed E-state index contributed by atoms with van der Waals surface area (Å²) in [6.07, 6.45) is 0. The van der Waals surface area contributed by atoms with Gasteiger partial charge in [0.2, 0.25) is 5.91 Å². The first-order chi connectivity index (χ1) is 12.0. The fraction of sp³-hybridized carbons (Fsp3) is 0.200. The number of rotatable bonds is 4. The second kappa shape index (κ2) is 6.81. The van der Waals surface area contributed by atoms with Crippen LogP contribution in [-0.4, -0.2) is 15.3 Å². The van der Waals surface area contributed by atoms with Crippen molar-refractivity contribution >= 4 is 11.6 Å². The summed E-state index contributed by atoms with van der Waals surface area (Å²) >= 11 is 0. The summed E-state index contributed by atoms with van der Waals surface area (Å²) < 4.78 is 3.55. The molecule has 5 nitrogen and oxygen atoms in total. The third-order valence-electron chi connectivity index (χ3n) is 3.92. The van der Waals surface area contributed by atoms with E-state index in [9.17, 15) is 9.59 Å². The Balaban J connectivity index is 2.42. The summed E-state index contributed by atoms with van der Waals surface area (Å²) in [5.74, 6) is -0.268. The van der Waals surface area contributed by atoms with Crippen molar-refractivity contribution in [3.63, 3.8) is 0 Å². The molecule has 0 atom stereocenters. The number of aromatic nitrogens is 2. The third kappa shape index (κ3) is 3.13. The van der Waals surface area contributed by atoms with Crippen molar-refractivity contribution in [3.05, 3.63) is 71.0 Å². The van der Waals surface area contributed by atoms with Crippen molar-refractivity contribution in [1.82, 2.24) is 9.36 Å². The van der Waals surface area contributed by atoms with Crippen molar-refractivity contribution < 1.29 is 4.79 Å². The van der Waals surface area contributed by atoms with E-state index in [0.29, 0.717) is 11.4 Å². The molecular formula is C20H21N3O2. The van der Waals surface area contributed by atoms with Gasteiger partial charge in [0.15, 0.2) is 0 Å². The van der Waals surface area contributed by atoms with E-state index in [4.69, 9.17) is 0 Å². The molecule has 0 bridgehead atoms. The van der Waals surface area contributed by atoms with Gasteiger partial charge in [-0.1, -0.05) is 48.5 Å². The molecule has 0 radical (unpaired) electrons. The summed E-state index contributed by atoms with van der Waals surface area (Å²) in [4.78, 5) is 24.8. The number of nitrogens with zero attached hydrogens (tertiary/aromatic N) is 2. The Morgan fingerprint density at radius 2 is 1.52 bits per heavy atom. The van der Waals surface area contributed by atoms with E-state index in [0.717, 1.165) is 11.3 Å². The SMILES string of the molecule is CC(=O)Nc1c(-c2ccccc2)n(-c2ccccc2)n(C(C)C)c1=O. The smallest absolute Gasteiger partial charge is 0.291 e. The Morgan fingerprint density at radius 3 is 2.04 bits per heavy atom. The first-order valence-electron chi connectivity index (χ1n) is 8.26. The van der Waals surface area contributed by atoms with E-state index in [2.05, 4.69) is 5.32 Å². The van der Waals surface area contributed by atoms with Gasteiger partial charge >= 0.3 is 0 Å². The lowest BCUT2D eigenvalue weighted by atomic mass is 10.1. The van der Waals surface area contributed by atoms with Gasteiger partial charge in [0.05, 0.1) is 11.4 Å².